The third-order valence-electron chi connectivity index (χ3n) is 12.2. The summed E-state index contributed by atoms with van der Waals surface area (Å²) in [6.07, 6.45) is 4.07. The van der Waals surface area contributed by atoms with Crippen LogP contribution in [0.15, 0.2) is 194 Å². The molecule has 1 aliphatic heterocycles. The van der Waals surface area contributed by atoms with Crippen LogP contribution in [0, 0.1) is 18.8 Å². The first-order valence-corrected chi connectivity index (χ1v) is 20.8. The van der Waals surface area contributed by atoms with E-state index in [4.69, 9.17) is 9.72 Å². The quantitative estimate of drug-likeness (QED) is 0.128. The Labute approximate surface area is 378 Å². The van der Waals surface area contributed by atoms with E-state index in [1.165, 1.54) is 22.3 Å². The molecule has 62 heavy (non-hydrogen) atoms. The van der Waals surface area contributed by atoms with Crippen molar-refractivity contribution < 1.29 is 25.8 Å². The van der Waals surface area contributed by atoms with Crippen LogP contribution in [-0.4, -0.2) is 9.55 Å². The molecular weight excluding hydrogens is 940 g/mol. The van der Waals surface area contributed by atoms with E-state index in [1.54, 1.807) is 0 Å². The van der Waals surface area contributed by atoms with Gasteiger partial charge in [0.25, 0.3) is 0 Å². The Hall–Kier alpha value is -6.68. The summed E-state index contributed by atoms with van der Waals surface area (Å²) in [5, 5.41) is 2.21. The van der Waals surface area contributed by atoms with Crippen molar-refractivity contribution in [3.63, 3.8) is 0 Å². The molecule has 6 heteroatoms. The summed E-state index contributed by atoms with van der Waals surface area (Å²) in [5.41, 5.74) is 10.6. The standard InChI is InChI=1S/C56H45N4O.Pt/c1-55(2,41-20-10-6-11-21-41)43-24-16-26-46(34-43)59-39-58(38-53(59)40-18-8-5-9-19-40)45-25-17-27-47(36-45)61-48-30-31-50-49-28-14-15-29-51(49)60(52(50)37-48)54-35-44(32-33-57-54)56(3,4)42-22-12-7-13-23-42;/h5-35,38-39H,1-4H3;/q-3;. The molecule has 0 N–H and O–H groups in total. The first kappa shape index (κ1) is 40.7. The third-order valence-corrected chi connectivity index (χ3v) is 12.2. The normalized spacial score (nSPS) is 13.0. The first-order valence-electron chi connectivity index (χ1n) is 20.8. The molecule has 0 aliphatic carbocycles. The average molecular weight is 985 g/mol. The number of benzene rings is 7. The number of anilines is 2. The molecule has 7 aromatic carbocycles. The molecule has 0 spiro atoms. The predicted molar refractivity (Wildman–Crippen MR) is 250 cm³/mol. The van der Waals surface area contributed by atoms with Crippen LogP contribution in [0.5, 0.6) is 11.5 Å². The predicted octanol–water partition coefficient (Wildman–Crippen LogP) is 13.7. The number of ether oxygens (including phenoxy) is 1. The summed E-state index contributed by atoms with van der Waals surface area (Å²) in [6.45, 7) is 11.2. The van der Waals surface area contributed by atoms with Gasteiger partial charge in [0.1, 0.15) is 5.82 Å². The van der Waals surface area contributed by atoms with E-state index in [0.29, 0.717) is 11.5 Å². The zero-order valence-corrected chi connectivity index (χ0v) is 37.3. The number of hydrogen-bond acceptors (Lipinski definition) is 4. The number of pyridine rings is 1. The van der Waals surface area contributed by atoms with Crippen LogP contribution < -0.4 is 14.5 Å². The van der Waals surface area contributed by atoms with Crippen LogP contribution in [0.25, 0.3) is 33.3 Å². The SMILES string of the molecule is CC(C)(c1ccccc1)c1cccc(N2[CH-]N(c3[c-]c(Oc4[c-]c5c(cc4)c4ccccc4n5-c4cc(C(C)(C)c5ccccc5)ccn4)ccc3)C=C2c2ccccc2)c1.[Pt]. The van der Waals surface area contributed by atoms with Crippen LogP contribution >= 0.6 is 0 Å². The van der Waals surface area contributed by atoms with Crippen molar-refractivity contribution in [1.29, 1.82) is 0 Å². The minimum absolute atomic E-state index is 0. The van der Waals surface area contributed by atoms with Crippen molar-refractivity contribution in [2.24, 2.45) is 0 Å². The summed E-state index contributed by atoms with van der Waals surface area (Å²) >= 11 is 0. The summed E-state index contributed by atoms with van der Waals surface area (Å²) in [4.78, 5) is 9.29. The van der Waals surface area contributed by atoms with Gasteiger partial charge in [-0.15, -0.1) is 48.1 Å². The van der Waals surface area contributed by atoms with E-state index in [-0.39, 0.29) is 31.9 Å². The molecule has 308 valence electrons. The molecule has 9 aromatic rings. The second-order valence-electron chi connectivity index (χ2n) is 16.6. The van der Waals surface area contributed by atoms with Crippen molar-refractivity contribution in [2.75, 3.05) is 9.80 Å². The van der Waals surface area contributed by atoms with Crippen molar-refractivity contribution in [1.82, 2.24) is 9.55 Å². The molecular formula is C56H45N4OPt-3. The molecule has 3 heterocycles. The number of fused-ring (bicyclic) bond motifs is 3. The van der Waals surface area contributed by atoms with E-state index in [9.17, 15) is 0 Å². The monoisotopic (exact) mass is 984 g/mol. The van der Waals surface area contributed by atoms with Crippen LogP contribution in [0.3, 0.4) is 0 Å². The molecule has 5 nitrogen and oxygen atoms in total. The minimum atomic E-state index is -0.222. The van der Waals surface area contributed by atoms with Crippen molar-refractivity contribution in [2.45, 2.75) is 38.5 Å². The molecule has 1 aliphatic rings. The number of hydrogen-bond donors (Lipinski definition) is 0. The Bertz CT molecular complexity index is 3050. The zero-order chi connectivity index (χ0) is 41.6. The largest absolute Gasteiger partial charge is 0.509 e. The Morgan fingerprint density at radius 3 is 1.89 bits per heavy atom. The number of para-hydroxylation sites is 1. The van der Waals surface area contributed by atoms with Crippen LogP contribution in [0.1, 0.15) is 55.5 Å². The van der Waals surface area contributed by atoms with Gasteiger partial charge in [-0.05, 0) is 69.7 Å². The topological polar surface area (TPSA) is 33.5 Å². The van der Waals surface area contributed by atoms with Gasteiger partial charge in [0, 0.05) is 66.5 Å². The Morgan fingerprint density at radius 1 is 0.548 bits per heavy atom. The molecule has 10 rings (SSSR count). The van der Waals surface area contributed by atoms with Gasteiger partial charge in [0.2, 0.25) is 0 Å². The van der Waals surface area contributed by atoms with Gasteiger partial charge < -0.3 is 19.1 Å². The second kappa shape index (κ2) is 16.6. The van der Waals surface area contributed by atoms with Gasteiger partial charge in [-0.3, -0.25) is 0 Å². The molecule has 0 radical (unpaired) electrons. The molecule has 0 atom stereocenters. The van der Waals surface area contributed by atoms with Gasteiger partial charge in [0.05, 0.1) is 0 Å². The van der Waals surface area contributed by atoms with Crippen LogP contribution in [0.2, 0.25) is 0 Å². The molecule has 0 amide bonds. The van der Waals surface area contributed by atoms with E-state index in [0.717, 1.165) is 50.3 Å². The maximum absolute atomic E-state index is 6.61. The fourth-order valence-electron chi connectivity index (χ4n) is 8.53. The summed E-state index contributed by atoms with van der Waals surface area (Å²) in [6, 6.07) is 70.8. The molecule has 0 saturated heterocycles. The van der Waals surface area contributed by atoms with E-state index in [1.807, 2.05) is 24.4 Å². The number of nitrogens with zero attached hydrogens (tertiary/aromatic N) is 4. The Balaban J connectivity index is 0.00000490. The van der Waals surface area contributed by atoms with E-state index >= 15 is 0 Å². The van der Waals surface area contributed by atoms with Gasteiger partial charge in [0.15, 0.2) is 0 Å². The number of aromatic nitrogens is 2. The second-order valence-corrected chi connectivity index (χ2v) is 16.6. The molecule has 0 bridgehead atoms. The van der Waals surface area contributed by atoms with Crippen molar-refractivity contribution in [3.8, 4) is 17.3 Å². The zero-order valence-electron chi connectivity index (χ0n) is 35.1. The maximum Gasteiger partial charge on any atom is 0.135 e. The summed E-state index contributed by atoms with van der Waals surface area (Å²) in [7, 11) is 0. The fourth-order valence-corrected chi connectivity index (χ4v) is 8.53. The van der Waals surface area contributed by atoms with Crippen LogP contribution in [0.4, 0.5) is 11.4 Å². The summed E-state index contributed by atoms with van der Waals surface area (Å²) < 4.78 is 8.80. The van der Waals surface area contributed by atoms with Gasteiger partial charge in [-0.2, -0.15) is 12.1 Å². The molecule has 0 unspecified atom stereocenters. The first-order chi connectivity index (χ1) is 29.7. The Morgan fingerprint density at radius 2 is 1.16 bits per heavy atom. The molecule has 0 fully saturated rings. The Kier molecular flexibility index (Phi) is 10.9. The fraction of sp³-hybridized carbons (Fsp3) is 0.107. The number of rotatable bonds is 10. The van der Waals surface area contributed by atoms with E-state index in [2.05, 4.69) is 231 Å². The van der Waals surface area contributed by atoms with Crippen molar-refractivity contribution >= 4 is 38.9 Å². The van der Waals surface area contributed by atoms with Gasteiger partial charge in [-0.1, -0.05) is 155 Å². The average Bonchev–Trinajstić information content (AvgIpc) is 3.90. The minimum Gasteiger partial charge on any atom is -0.509 e. The third kappa shape index (κ3) is 7.52. The van der Waals surface area contributed by atoms with Gasteiger partial charge >= 0.3 is 0 Å². The molecule has 2 aromatic heterocycles. The summed E-state index contributed by atoms with van der Waals surface area (Å²) in [5.74, 6) is 2.02. The van der Waals surface area contributed by atoms with E-state index < -0.39 is 0 Å². The maximum atomic E-state index is 6.61. The smallest absolute Gasteiger partial charge is 0.135 e. The van der Waals surface area contributed by atoms with Gasteiger partial charge in [-0.25, -0.2) is 4.98 Å². The van der Waals surface area contributed by atoms with Crippen LogP contribution in [-0.2, 0) is 31.9 Å². The molecule has 0 saturated carbocycles. The van der Waals surface area contributed by atoms with Crippen molar-refractivity contribution in [3.05, 3.63) is 241 Å².